The van der Waals surface area contributed by atoms with Gasteiger partial charge in [-0.1, -0.05) is 69.7 Å². The summed E-state index contributed by atoms with van der Waals surface area (Å²) in [4.78, 5) is 11.2. The van der Waals surface area contributed by atoms with Crippen LogP contribution in [0.4, 0.5) is 0 Å². The van der Waals surface area contributed by atoms with Crippen LogP contribution in [-0.2, 0) is 9.53 Å². The molecule has 0 radical (unpaired) electrons. The van der Waals surface area contributed by atoms with Crippen LogP contribution in [0.15, 0.2) is 24.3 Å². The fourth-order valence-corrected chi connectivity index (χ4v) is 6.30. The highest BCUT2D eigenvalue weighted by Gasteiger charge is 2.35. The Morgan fingerprint density at radius 1 is 1.00 bits per heavy atom. The zero-order valence-electron chi connectivity index (χ0n) is 19.1. The molecule has 2 aliphatic rings. The highest BCUT2D eigenvalue weighted by Crippen LogP contribution is 2.45. The fourth-order valence-electron chi connectivity index (χ4n) is 5.87. The van der Waals surface area contributed by atoms with E-state index in [1.807, 2.05) is 0 Å². The molecule has 0 aromatic heterocycles. The van der Waals surface area contributed by atoms with Crippen molar-refractivity contribution >= 4 is 17.6 Å². The molecule has 0 N–H and O–H groups in total. The summed E-state index contributed by atoms with van der Waals surface area (Å²) in [5, 5.41) is 0.311. The second kappa shape index (κ2) is 12.1. The first-order chi connectivity index (χ1) is 14.6. The topological polar surface area (TPSA) is 26.3 Å². The number of ether oxygens (including phenoxy) is 1. The predicted molar refractivity (Wildman–Crippen MR) is 126 cm³/mol. The highest BCUT2D eigenvalue weighted by atomic mass is 35.5. The van der Waals surface area contributed by atoms with E-state index in [1.165, 1.54) is 76.0 Å². The third-order valence-corrected chi connectivity index (χ3v) is 8.42. The molecule has 2 aliphatic carbocycles. The van der Waals surface area contributed by atoms with Gasteiger partial charge in [-0.25, -0.2) is 0 Å². The van der Waals surface area contributed by atoms with E-state index in [4.69, 9.17) is 16.3 Å². The van der Waals surface area contributed by atoms with Crippen LogP contribution in [0, 0.1) is 11.8 Å². The first-order valence-corrected chi connectivity index (χ1v) is 12.8. The lowest BCUT2D eigenvalue weighted by atomic mass is 9.77. The number of esters is 1. The minimum atomic E-state index is -0.0899. The Balaban J connectivity index is 1.49. The third kappa shape index (κ3) is 6.49. The van der Waals surface area contributed by atoms with E-state index in [9.17, 15) is 4.79 Å². The van der Waals surface area contributed by atoms with Crippen molar-refractivity contribution in [3.63, 3.8) is 0 Å². The van der Waals surface area contributed by atoms with E-state index >= 15 is 0 Å². The standard InChI is InChI=1S/C27H41ClO2/c1-20(21-10-6-5-7-11-21)22-14-16-23(17-15-22)24-18-19-26(28)25(24)12-8-3-4-9-13-27(29)30-2/h14-17,20-21,24-26H,3-13,18-19H2,1-2H3/t20?,24?,25-,26?/m1/s1. The second-order valence-corrected chi connectivity index (χ2v) is 10.3. The summed E-state index contributed by atoms with van der Waals surface area (Å²) in [6, 6.07) is 9.61. The van der Waals surface area contributed by atoms with Gasteiger partial charge >= 0.3 is 5.97 Å². The summed E-state index contributed by atoms with van der Waals surface area (Å²) in [5.41, 5.74) is 3.02. The van der Waals surface area contributed by atoms with Crippen molar-refractivity contribution in [2.24, 2.45) is 11.8 Å². The van der Waals surface area contributed by atoms with Crippen LogP contribution >= 0.6 is 11.6 Å². The van der Waals surface area contributed by atoms with Gasteiger partial charge in [0.25, 0.3) is 0 Å². The van der Waals surface area contributed by atoms with Crippen LogP contribution in [0.2, 0.25) is 0 Å². The van der Waals surface area contributed by atoms with Crippen molar-refractivity contribution in [3.8, 4) is 0 Å². The van der Waals surface area contributed by atoms with Gasteiger partial charge in [0.2, 0.25) is 0 Å². The SMILES string of the molecule is COC(=O)CCCCCC[C@H]1C(Cl)CCC1c1ccc(C(C)C2CCCCC2)cc1. The normalized spacial score (nSPS) is 25.9. The van der Waals surface area contributed by atoms with Crippen molar-refractivity contribution < 1.29 is 9.53 Å². The lowest BCUT2D eigenvalue weighted by Crippen LogP contribution is -2.15. The maximum absolute atomic E-state index is 11.2. The number of hydrogen-bond donors (Lipinski definition) is 0. The minimum Gasteiger partial charge on any atom is -0.469 e. The van der Waals surface area contributed by atoms with E-state index in [1.54, 1.807) is 0 Å². The van der Waals surface area contributed by atoms with Gasteiger partial charge in [-0.15, -0.1) is 11.6 Å². The molecule has 3 rings (SSSR count). The van der Waals surface area contributed by atoms with Crippen molar-refractivity contribution in [1.29, 1.82) is 0 Å². The number of unbranched alkanes of at least 4 members (excludes halogenated alkanes) is 3. The Morgan fingerprint density at radius 3 is 2.40 bits per heavy atom. The van der Waals surface area contributed by atoms with Crippen LogP contribution in [0.1, 0.15) is 113 Å². The van der Waals surface area contributed by atoms with Crippen molar-refractivity contribution in [1.82, 2.24) is 0 Å². The van der Waals surface area contributed by atoms with E-state index in [-0.39, 0.29) is 5.97 Å². The number of carbonyl (C=O) groups is 1. The maximum Gasteiger partial charge on any atom is 0.305 e. The number of carbonyl (C=O) groups excluding carboxylic acids is 1. The molecular formula is C27H41ClO2. The predicted octanol–water partition coefficient (Wildman–Crippen LogP) is 7.99. The smallest absolute Gasteiger partial charge is 0.305 e. The molecular weight excluding hydrogens is 392 g/mol. The molecule has 168 valence electrons. The molecule has 0 aliphatic heterocycles. The summed E-state index contributed by atoms with van der Waals surface area (Å²) in [6.07, 6.45) is 15.6. The quantitative estimate of drug-likeness (QED) is 0.213. The van der Waals surface area contributed by atoms with Crippen LogP contribution in [0.5, 0.6) is 0 Å². The Bertz CT molecular complexity index is 635. The molecule has 1 aromatic rings. The lowest BCUT2D eigenvalue weighted by Gasteiger charge is -2.28. The van der Waals surface area contributed by atoms with Gasteiger partial charge < -0.3 is 4.74 Å². The van der Waals surface area contributed by atoms with Gasteiger partial charge in [-0.05, 0) is 73.3 Å². The average Bonchev–Trinajstić information content (AvgIpc) is 3.16. The Morgan fingerprint density at radius 2 is 1.70 bits per heavy atom. The van der Waals surface area contributed by atoms with Crippen molar-refractivity contribution in [3.05, 3.63) is 35.4 Å². The Kier molecular flexibility index (Phi) is 9.56. The van der Waals surface area contributed by atoms with Gasteiger partial charge in [-0.3, -0.25) is 4.79 Å². The molecule has 4 atom stereocenters. The molecule has 0 amide bonds. The van der Waals surface area contributed by atoms with Crippen LogP contribution in [0.3, 0.4) is 0 Å². The zero-order valence-corrected chi connectivity index (χ0v) is 19.8. The molecule has 1 aromatic carbocycles. The van der Waals surface area contributed by atoms with Crippen molar-refractivity contribution in [2.75, 3.05) is 7.11 Å². The molecule has 0 spiro atoms. The van der Waals surface area contributed by atoms with E-state index < -0.39 is 0 Å². The molecule has 2 fully saturated rings. The number of alkyl halides is 1. The van der Waals surface area contributed by atoms with Gasteiger partial charge in [0.1, 0.15) is 0 Å². The largest absolute Gasteiger partial charge is 0.469 e. The summed E-state index contributed by atoms with van der Waals surface area (Å²) in [6.45, 7) is 2.43. The van der Waals surface area contributed by atoms with Gasteiger partial charge in [0.15, 0.2) is 0 Å². The van der Waals surface area contributed by atoms with Gasteiger partial charge in [0, 0.05) is 11.8 Å². The second-order valence-electron chi connectivity index (χ2n) is 9.75. The lowest BCUT2D eigenvalue weighted by molar-refractivity contribution is -0.140. The molecule has 0 saturated heterocycles. The third-order valence-electron chi connectivity index (χ3n) is 7.88. The Hall–Kier alpha value is -1.02. The van der Waals surface area contributed by atoms with Crippen LogP contribution in [-0.4, -0.2) is 18.5 Å². The monoisotopic (exact) mass is 432 g/mol. The molecule has 3 unspecified atom stereocenters. The van der Waals surface area contributed by atoms with Crippen LogP contribution in [0.25, 0.3) is 0 Å². The van der Waals surface area contributed by atoms with E-state index in [2.05, 4.69) is 31.2 Å². The summed E-state index contributed by atoms with van der Waals surface area (Å²) in [5.74, 6) is 2.67. The van der Waals surface area contributed by atoms with Crippen LogP contribution < -0.4 is 0 Å². The molecule has 2 nitrogen and oxygen atoms in total. The molecule has 3 heteroatoms. The van der Waals surface area contributed by atoms with E-state index in [0.717, 1.165) is 25.2 Å². The Labute approximate surface area is 189 Å². The number of methoxy groups -OCH3 is 1. The first kappa shape index (κ1) is 23.6. The number of hydrogen-bond acceptors (Lipinski definition) is 2. The van der Waals surface area contributed by atoms with Crippen molar-refractivity contribution in [2.45, 2.75) is 108 Å². The maximum atomic E-state index is 11.2. The summed E-state index contributed by atoms with van der Waals surface area (Å²) in [7, 11) is 1.46. The molecule has 0 bridgehead atoms. The van der Waals surface area contributed by atoms with Gasteiger partial charge in [-0.2, -0.15) is 0 Å². The number of halogens is 1. The first-order valence-electron chi connectivity index (χ1n) is 12.4. The average molecular weight is 433 g/mol. The summed E-state index contributed by atoms with van der Waals surface area (Å²) < 4.78 is 4.72. The molecule has 30 heavy (non-hydrogen) atoms. The van der Waals surface area contributed by atoms with Gasteiger partial charge in [0.05, 0.1) is 7.11 Å². The fraction of sp³-hybridized carbons (Fsp3) is 0.741. The number of rotatable bonds is 10. The zero-order chi connectivity index (χ0) is 21.3. The highest BCUT2D eigenvalue weighted by molar-refractivity contribution is 6.21. The molecule has 2 saturated carbocycles. The summed E-state index contributed by atoms with van der Waals surface area (Å²) >= 11 is 6.75. The molecule has 0 heterocycles. The van der Waals surface area contributed by atoms with E-state index in [0.29, 0.717) is 29.6 Å². The number of benzene rings is 1. The minimum absolute atomic E-state index is 0.0899.